The highest BCUT2D eigenvalue weighted by Crippen LogP contribution is 2.75. The van der Waals surface area contributed by atoms with Crippen LogP contribution in [0.1, 0.15) is 92.4 Å². The molecule has 3 N–H and O–H groups in total. The molecule has 4 heterocycles. The van der Waals surface area contributed by atoms with Crippen molar-refractivity contribution in [3.63, 3.8) is 0 Å². The van der Waals surface area contributed by atoms with Crippen LogP contribution < -0.4 is 10.6 Å². The van der Waals surface area contributed by atoms with E-state index in [0.29, 0.717) is 35.5 Å². The van der Waals surface area contributed by atoms with Crippen LogP contribution in [0, 0.1) is 40.4 Å². The van der Waals surface area contributed by atoms with Crippen molar-refractivity contribution in [3.05, 3.63) is 0 Å². The zero-order valence-corrected chi connectivity index (χ0v) is 28.2. The van der Waals surface area contributed by atoms with Gasteiger partial charge in [-0.3, -0.25) is 4.90 Å². The number of morpholine rings is 1. The van der Waals surface area contributed by atoms with E-state index < -0.39 is 6.10 Å². The van der Waals surface area contributed by atoms with E-state index in [1.54, 1.807) is 0 Å². The first-order valence-electron chi connectivity index (χ1n) is 18.6. The molecule has 8 nitrogen and oxygen atoms in total. The molecule has 44 heavy (non-hydrogen) atoms. The Morgan fingerprint density at radius 3 is 2.55 bits per heavy atom. The van der Waals surface area contributed by atoms with Crippen molar-refractivity contribution in [2.24, 2.45) is 40.4 Å². The first-order valence-corrected chi connectivity index (χ1v) is 18.6. The van der Waals surface area contributed by atoms with Crippen molar-refractivity contribution >= 4 is 0 Å². The summed E-state index contributed by atoms with van der Waals surface area (Å²) in [6, 6.07) is 0. The van der Waals surface area contributed by atoms with Crippen LogP contribution in [0.2, 0.25) is 0 Å². The van der Waals surface area contributed by atoms with Crippen molar-refractivity contribution in [2.75, 3.05) is 45.9 Å². The second kappa shape index (κ2) is 11.1. The van der Waals surface area contributed by atoms with Crippen LogP contribution in [0.4, 0.5) is 0 Å². The molecule has 0 aromatic heterocycles. The van der Waals surface area contributed by atoms with Crippen LogP contribution in [0.25, 0.3) is 0 Å². The lowest BCUT2D eigenvalue weighted by Gasteiger charge is -2.58. The van der Waals surface area contributed by atoms with Crippen LogP contribution in [-0.2, 0) is 18.9 Å². The fourth-order valence-electron chi connectivity index (χ4n) is 12.8. The lowest BCUT2D eigenvalue weighted by molar-refractivity contribution is -0.239. The number of hydrogen-bond acceptors (Lipinski definition) is 8. The number of hydrogen-bond donors (Lipinski definition) is 3. The zero-order valence-electron chi connectivity index (χ0n) is 28.2. The van der Waals surface area contributed by atoms with E-state index in [1.807, 2.05) is 13.8 Å². The number of ether oxygens (including phenoxy) is 4. The predicted octanol–water partition coefficient (Wildman–Crippen LogP) is 3.95. The van der Waals surface area contributed by atoms with Gasteiger partial charge in [-0.2, -0.15) is 0 Å². The largest absolute Gasteiger partial charge is 0.391 e. The van der Waals surface area contributed by atoms with Gasteiger partial charge in [-0.15, -0.1) is 0 Å². The highest BCUT2D eigenvalue weighted by atomic mass is 16.7. The molecule has 8 heteroatoms. The topological polar surface area (TPSA) is 94.4 Å². The summed E-state index contributed by atoms with van der Waals surface area (Å²) in [5, 5.41) is 18.2. The molecule has 4 aliphatic heterocycles. The van der Waals surface area contributed by atoms with Crippen LogP contribution >= 0.6 is 0 Å². The average molecular weight is 616 g/mol. The lowest BCUT2D eigenvalue weighted by Crippen LogP contribution is -2.60. The Hall–Kier alpha value is -0.320. The van der Waals surface area contributed by atoms with Gasteiger partial charge in [0.15, 0.2) is 6.29 Å². The minimum Gasteiger partial charge on any atom is -0.391 e. The third kappa shape index (κ3) is 4.58. The smallest absolute Gasteiger partial charge is 0.170 e. The molecule has 8 rings (SSSR count). The summed E-state index contributed by atoms with van der Waals surface area (Å²) in [7, 11) is 0. The van der Waals surface area contributed by atoms with Crippen LogP contribution in [0.5, 0.6) is 0 Å². The molecule has 4 saturated heterocycles. The first kappa shape index (κ1) is 31.0. The molecule has 8 fully saturated rings. The van der Waals surface area contributed by atoms with E-state index in [1.165, 1.54) is 51.5 Å². The number of fused-ring (bicyclic) bond motifs is 4. The van der Waals surface area contributed by atoms with Gasteiger partial charge in [0.05, 0.1) is 31.0 Å². The van der Waals surface area contributed by atoms with Gasteiger partial charge in [-0.1, -0.05) is 20.8 Å². The molecule has 13 unspecified atom stereocenters. The minimum absolute atomic E-state index is 0.0153. The maximum Gasteiger partial charge on any atom is 0.170 e. The minimum atomic E-state index is -0.499. The number of nitrogens with one attached hydrogen (secondary N) is 2. The Labute approximate surface area is 266 Å². The van der Waals surface area contributed by atoms with Crippen molar-refractivity contribution in [1.29, 1.82) is 0 Å². The molecule has 250 valence electrons. The van der Waals surface area contributed by atoms with Gasteiger partial charge in [0.25, 0.3) is 0 Å². The molecule has 4 aliphatic carbocycles. The summed E-state index contributed by atoms with van der Waals surface area (Å²) in [6.07, 6.45) is 10.8. The summed E-state index contributed by atoms with van der Waals surface area (Å²) in [6.45, 7) is 18.4. The quantitative estimate of drug-likeness (QED) is 0.354. The molecule has 4 saturated carbocycles. The fourth-order valence-corrected chi connectivity index (χ4v) is 12.8. The third-order valence-electron chi connectivity index (χ3n) is 15.0. The van der Waals surface area contributed by atoms with Crippen molar-refractivity contribution < 1.29 is 24.1 Å². The highest BCUT2D eigenvalue weighted by molar-refractivity contribution is 5.38. The summed E-state index contributed by atoms with van der Waals surface area (Å²) in [5.41, 5.74) is 1.07. The molecular weight excluding hydrogens is 554 g/mol. The maximum atomic E-state index is 10.5. The summed E-state index contributed by atoms with van der Waals surface area (Å²) in [4.78, 5) is 2.57. The van der Waals surface area contributed by atoms with E-state index in [0.717, 1.165) is 63.4 Å². The average Bonchev–Trinajstić information content (AvgIpc) is 3.55. The second-order valence-electron chi connectivity index (χ2n) is 17.3. The first-order chi connectivity index (χ1) is 21.1. The van der Waals surface area contributed by atoms with Crippen LogP contribution in [0.15, 0.2) is 0 Å². The van der Waals surface area contributed by atoms with E-state index in [2.05, 4.69) is 36.3 Å². The Bertz CT molecular complexity index is 1070. The van der Waals surface area contributed by atoms with Crippen LogP contribution in [0.3, 0.4) is 0 Å². The Morgan fingerprint density at radius 1 is 0.977 bits per heavy atom. The van der Waals surface area contributed by atoms with Gasteiger partial charge in [-0.05, 0) is 112 Å². The van der Waals surface area contributed by atoms with Gasteiger partial charge in [-0.25, -0.2) is 0 Å². The molecular formula is C36H61N3O5. The summed E-state index contributed by atoms with van der Waals surface area (Å²) in [5.74, 6) is 3.55. The van der Waals surface area contributed by atoms with E-state index in [-0.39, 0.29) is 35.6 Å². The second-order valence-corrected chi connectivity index (χ2v) is 17.3. The Balaban J connectivity index is 0.950. The van der Waals surface area contributed by atoms with Crippen molar-refractivity contribution in [3.8, 4) is 0 Å². The van der Waals surface area contributed by atoms with Crippen molar-refractivity contribution in [2.45, 2.75) is 140 Å². The lowest BCUT2D eigenvalue weighted by atomic mass is 9.46. The van der Waals surface area contributed by atoms with Gasteiger partial charge in [0.1, 0.15) is 6.10 Å². The maximum absolute atomic E-state index is 10.5. The molecule has 13 atom stereocenters. The molecule has 8 aliphatic rings. The molecule has 0 aromatic carbocycles. The van der Waals surface area contributed by atoms with E-state index in [4.69, 9.17) is 18.9 Å². The fraction of sp³-hybridized carbons (Fsp3) is 1.00. The Morgan fingerprint density at radius 2 is 1.80 bits per heavy atom. The number of aliphatic hydroxyl groups excluding tert-OH is 1. The standard InChI is InChI=1S/C36H61N3O5/c1-6-41-32(22(2)40)27-9-7-25-28(43-27)17-26-24-8-10-29-33(3,4)30(11-12-36(29)35(24,38-36)14-13-34(25,26)5)44-31-21-39(15-16-42-31)20-23-18-37-19-23/h22-32,37-38,40H,6-21H2,1-5H3. The monoisotopic (exact) mass is 615 g/mol. The molecule has 0 amide bonds. The predicted molar refractivity (Wildman–Crippen MR) is 169 cm³/mol. The van der Waals surface area contributed by atoms with Gasteiger partial charge in [0, 0.05) is 50.4 Å². The third-order valence-corrected chi connectivity index (χ3v) is 15.0. The molecule has 0 bridgehead atoms. The zero-order chi connectivity index (χ0) is 30.5. The molecule has 0 radical (unpaired) electrons. The number of nitrogens with zero attached hydrogens (tertiary/aromatic N) is 1. The Kier molecular flexibility index (Phi) is 7.82. The van der Waals surface area contributed by atoms with Gasteiger partial charge >= 0.3 is 0 Å². The normalized spacial score (nSPS) is 51.1. The number of aliphatic hydroxyl groups is 1. The molecule has 0 aromatic rings. The SMILES string of the molecule is CCOC(C(C)O)C1CCC2C(CC3C4CCC5C(C)(C)C(OC6CN(CC7CNC7)CCO6)CCC56NC46CCC23C)O1. The van der Waals surface area contributed by atoms with Crippen LogP contribution in [-0.4, -0.2) is 104 Å². The van der Waals surface area contributed by atoms with Gasteiger partial charge in [0.2, 0.25) is 0 Å². The highest BCUT2D eigenvalue weighted by Gasteiger charge is 2.81. The van der Waals surface area contributed by atoms with E-state index in [9.17, 15) is 5.11 Å². The number of rotatable bonds is 8. The summed E-state index contributed by atoms with van der Waals surface area (Å²) < 4.78 is 26.0. The van der Waals surface area contributed by atoms with E-state index >= 15 is 0 Å². The van der Waals surface area contributed by atoms with Crippen molar-refractivity contribution in [1.82, 2.24) is 15.5 Å². The van der Waals surface area contributed by atoms with Gasteiger partial charge < -0.3 is 34.7 Å². The molecule has 2 spiro atoms. The summed E-state index contributed by atoms with van der Waals surface area (Å²) >= 11 is 0.